The van der Waals surface area contributed by atoms with Gasteiger partial charge in [0.2, 0.25) is 17.8 Å². The maximum atomic E-state index is 9.84. The lowest BCUT2D eigenvalue weighted by molar-refractivity contribution is 0.462. The molecule has 1 fully saturated rings. The zero-order valence-electron chi connectivity index (χ0n) is 29.3. The van der Waals surface area contributed by atoms with Crippen molar-refractivity contribution in [3.8, 4) is 23.1 Å². The van der Waals surface area contributed by atoms with Crippen LogP contribution in [0.4, 0.5) is 35.0 Å². The Kier molecular flexibility index (Phi) is 10.9. The first kappa shape index (κ1) is 34.9. The number of nitrogens with zero attached hydrogens (tertiary/aromatic N) is 5. The van der Waals surface area contributed by atoms with Crippen LogP contribution in [-0.2, 0) is 12.8 Å². The Morgan fingerprint density at radius 2 is 1.40 bits per heavy atom. The lowest BCUT2D eigenvalue weighted by atomic mass is 9.98. The number of anilines is 6. The molecule has 12 heteroatoms. The van der Waals surface area contributed by atoms with Crippen LogP contribution in [0.5, 0.6) is 23.1 Å². The number of nitrogens with two attached hydrogens (primary N) is 1. The highest BCUT2D eigenvalue weighted by Crippen LogP contribution is 2.35. The van der Waals surface area contributed by atoms with Gasteiger partial charge in [-0.05, 0) is 96.8 Å². The predicted molar refractivity (Wildman–Crippen MR) is 209 cm³/mol. The topological polar surface area (TPSA) is 167 Å². The quantitative estimate of drug-likeness (QED) is 0.0567. The molecule has 0 unspecified atom stereocenters. The second kappa shape index (κ2) is 16.6. The maximum Gasteiger partial charge on any atom is 0.247 e. The van der Waals surface area contributed by atoms with Gasteiger partial charge in [0.15, 0.2) is 5.82 Å². The molecule has 12 nitrogen and oxygen atoms in total. The molecule has 2 aromatic heterocycles. The maximum absolute atomic E-state index is 9.84. The summed E-state index contributed by atoms with van der Waals surface area (Å²) in [5.74, 6) is 4.01. The molecule has 53 heavy (non-hydrogen) atoms. The van der Waals surface area contributed by atoms with Crippen LogP contribution in [0.1, 0.15) is 48.3 Å². The second-order valence-corrected chi connectivity index (χ2v) is 13.1. The van der Waals surface area contributed by atoms with Crippen LogP contribution in [0.3, 0.4) is 0 Å². The highest BCUT2D eigenvalue weighted by Gasteiger charge is 2.18. The van der Waals surface area contributed by atoms with E-state index < -0.39 is 0 Å². The van der Waals surface area contributed by atoms with E-state index in [4.69, 9.17) is 20.4 Å². The zero-order valence-corrected chi connectivity index (χ0v) is 29.3. The number of nitrogen functional groups attached to an aromatic ring is 1. The molecule has 4 aromatic carbocycles. The predicted octanol–water partition coefficient (Wildman–Crippen LogP) is 8.18. The van der Waals surface area contributed by atoms with Gasteiger partial charge in [0, 0.05) is 30.9 Å². The average Bonchev–Trinajstić information content (AvgIpc) is 3.71. The third-order valence-corrected chi connectivity index (χ3v) is 9.14. The second-order valence-electron chi connectivity index (χ2n) is 13.1. The highest BCUT2D eigenvalue weighted by atomic mass is 16.5. The summed E-state index contributed by atoms with van der Waals surface area (Å²) in [6.45, 7) is 1.02. The first-order chi connectivity index (χ1) is 25.9. The highest BCUT2D eigenvalue weighted by molar-refractivity contribution is 5.62. The molecule has 0 bridgehead atoms. The first-order valence-electron chi connectivity index (χ1n) is 17.9. The molecule has 7 N–H and O–H groups in total. The molecule has 7 rings (SSSR count). The van der Waals surface area contributed by atoms with E-state index in [-0.39, 0.29) is 23.4 Å². The summed E-state index contributed by atoms with van der Waals surface area (Å²) in [7, 11) is 0. The van der Waals surface area contributed by atoms with Gasteiger partial charge in [-0.1, -0.05) is 67.4 Å². The number of para-hydroxylation sites is 1. The van der Waals surface area contributed by atoms with Crippen molar-refractivity contribution in [1.82, 2.24) is 19.9 Å². The van der Waals surface area contributed by atoms with Crippen LogP contribution >= 0.6 is 0 Å². The monoisotopic (exact) mass is 709 g/mol. The van der Waals surface area contributed by atoms with E-state index in [1.54, 1.807) is 36.4 Å². The van der Waals surface area contributed by atoms with Gasteiger partial charge in [-0.3, -0.25) is 10.4 Å². The van der Waals surface area contributed by atoms with E-state index >= 15 is 0 Å². The number of hydrazine groups is 1. The number of rotatable bonds is 15. The zero-order chi connectivity index (χ0) is 36.4. The van der Waals surface area contributed by atoms with Crippen molar-refractivity contribution < 1.29 is 14.9 Å². The van der Waals surface area contributed by atoms with Crippen molar-refractivity contribution in [2.45, 2.75) is 44.4 Å². The molecular weight excluding hydrogens is 667 g/mol. The summed E-state index contributed by atoms with van der Waals surface area (Å²) in [5, 5.41) is 28.1. The Labute approximate surface area is 308 Å². The van der Waals surface area contributed by atoms with Crippen LogP contribution in [-0.4, -0.2) is 43.2 Å². The molecule has 0 saturated heterocycles. The number of ether oxygens (including phenoxy) is 1. The molecule has 0 atom stereocenters. The third-order valence-electron chi connectivity index (χ3n) is 9.14. The van der Waals surface area contributed by atoms with Gasteiger partial charge in [0.25, 0.3) is 0 Å². The van der Waals surface area contributed by atoms with Gasteiger partial charge in [0.05, 0.1) is 0 Å². The summed E-state index contributed by atoms with van der Waals surface area (Å²) in [5.41, 5.74) is 13.9. The van der Waals surface area contributed by atoms with Gasteiger partial charge in [-0.25, -0.2) is 0 Å². The Bertz CT molecular complexity index is 2070. The molecule has 270 valence electrons. The van der Waals surface area contributed by atoms with E-state index in [0.29, 0.717) is 60.9 Å². The molecule has 0 spiro atoms. The van der Waals surface area contributed by atoms with Crippen LogP contribution < -0.4 is 31.5 Å². The lowest BCUT2D eigenvalue weighted by Gasteiger charge is -2.25. The Morgan fingerprint density at radius 1 is 0.717 bits per heavy atom. The van der Waals surface area contributed by atoms with Crippen LogP contribution in [0, 0.1) is 0 Å². The number of phenolic OH excluding ortho intramolecular Hbond substituents is 2. The van der Waals surface area contributed by atoms with E-state index in [1.807, 2.05) is 71.7 Å². The number of phenols is 2. The molecule has 1 aliphatic carbocycles. The minimum Gasteiger partial charge on any atom is -0.508 e. The van der Waals surface area contributed by atoms with Gasteiger partial charge in [-0.15, -0.1) is 0 Å². The molecule has 1 aliphatic rings. The fraction of sp³-hybridized carbons (Fsp3) is 0.220. The molecule has 0 radical (unpaired) electrons. The van der Waals surface area contributed by atoms with E-state index in [1.165, 1.54) is 31.2 Å². The number of aromatic nitrogens is 4. The van der Waals surface area contributed by atoms with Crippen molar-refractivity contribution >= 4 is 35.0 Å². The summed E-state index contributed by atoms with van der Waals surface area (Å²) in [4.78, 5) is 18.6. The van der Waals surface area contributed by atoms with Gasteiger partial charge >= 0.3 is 0 Å². The number of hydrogen-bond donors (Lipinski definition) is 6. The smallest absolute Gasteiger partial charge is 0.247 e. The largest absolute Gasteiger partial charge is 0.508 e. The van der Waals surface area contributed by atoms with Crippen LogP contribution in [0.2, 0.25) is 0 Å². The number of aromatic hydroxyl groups is 2. The van der Waals surface area contributed by atoms with Crippen LogP contribution in [0.25, 0.3) is 0 Å². The fourth-order valence-electron chi connectivity index (χ4n) is 6.38. The Balaban J connectivity index is 1.17. The molecule has 2 heterocycles. The minimum absolute atomic E-state index is 0.0907. The first-order valence-corrected chi connectivity index (χ1v) is 17.9. The van der Waals surface area contributed by atoms with Gasteiger partial charge in [0.1, 0.15) is 28.9 Å². The van der Waals surface area contributed by atoms with Gasteiger partial charge < -0.3 is 31.3 Å². The van der Waals surface area contributed by atoms with Crippen molar-refractivity contribution in [3.05, 3.63) is 132 Å². The van der Waals surface area contributed by atoms with Crippen molar-refractivity contribution in [2.24, 2.45) is 0 Å². The minimum atomic E-state index is 0.0907. The van der Waals surface area contributed by atoms with Crippen molar-refractivity contribution in [3.63, 3.8) is 0 Å². The third kappa shape index (κ3) is 9.82. The van der Waals surface area contributed by atoms with E-state index in [2.05, 4.69) is 38.2 Å². The lowest BCUT2D eigenvalue weighted by Crippen LogP contribution is -2.34. The van der Waals surface area contributed by atoms with E-state index in [9.17, 15) is 10.2 Å². The van der Waals surface area contributed by atoms with Crippen LogP contribution in [0.15, 0.2) is 115 Å². The van der Waals surface area contributed by atoms with E-state index in [0.717, 1.165) is 16.8 Å². The number of nitrogens with one attached hydrogen (secondary N) is 3. The molecule has 1 saturated carbocycles. The molecular formula is C41H43N9O3. The number of hydrogen-bond acceptors (Lipinski definition) is 12. The van der Waals surface area contributed by atoms with Gasteiger partial charge in [-0.2, -0.15) is 19.9 Å². The summed E-state index contributed by atoms with van der Waals surface area (Å²) >= 11 is 0. The molecule has 0 amide bonds. The summed E-state index contributed by atoms with van der Waals surface area (Å²) in [6, 6.07) is 35.8. The average molecular weight is 710 g/mol. The van der Waals surface area contributed by atoms with Crippen molar-refractivity contribution in [1.29, 1.82) is 0 Å². The van der Waals surface area contributed by atoms with Crippen molar-refractivity contribution in [2.75, 3.05) is 39.9 Å². The molecule has 6 aromatic rings. The number of benzene rings is 4. The SMILES string of the molecule is Nc1nc(Nc2ccccc2)cc(N(CCc2ccc(O)cc2)Nc2nc(NCCc3ccc(O)cc3)cc(Oc3ccc(C4CCCC4)cc3)n2)n1. The Morgan fingerprint density at radius 3 is 2.09 bits per heavy atom. The fourth-order valence-corrected chi connectivity index (χ4v) is 6.38. The molecule has 0 aliphatic heterocycles. The normalized spacial score (nSPS) is 12.7. The Hall–Kier alpha value is -6.56. The summed E-state index contributed by atoms with van der Waals surface area (Å²) < 4.78 is 6.33. The standard InChI is InChI=1S/C41H43N9O3/c42-40-45-37(44-32-8-2-1-3-9-32)26-38(47-40)50(25-23-29-12-18-34(52)19-13-29)49-41-46-36(43-24-22-28-10-16-33(51)17-11-28)27-39(48-41)53-35-20-14-31(15-21-35)30-6-4-5-7-30/h1-3,8-21,26-27,30,51-52H,4-7,22-25H2,(H3,42,44,45,47)(H2,43,46,48,49). The summed E-state index contributed by atoms with van der Waals surface area (Å²) in [6.07, 6.45) is 6.32.